The predicted molar refractivity (Wildman–Crippen MR) is 105 cm³/mol. The first-order chi connectivity index (χ1) is 13.8. The summed E-state index contributed by atoms with van der Waals surface area (Å²) >= 11 is 0. The molecule has 0 aliphatic carbocycles. The molecular formula is C20H14N2O6S. The van der Waals surface area contributed by atoms with Crippen molar-refractivity contribution < 1.29 is 21.9 Å². The lowest BCUT2D eigenvalue weighted by Gasteiger charge is -2.10. The Labute approximate surface area is 165 Å². The van der Waals surface area contributed by atoms with Crippen LogP contribution in [0.3, 0.4) is 0 Å². The number of fused-ring (bicyclic) bond motifs is 1. The van der Waals surface area contributed by atoms with E-state index in [-0.39, 0.29) is 27.8 Å². The van der Waals surface area contributed by atoms with Gasteiger partial charge in [0.2, 0.25) is 5.89 Å². The standard InChI is InChI=1S/C20H14N2O6S/c1-13-6-9-15(10-7-13)29(25,26)28-18-11-8-14(22(23)24)12-16(18)20-21-17-4-2-3-5-19(17)27-20/h2-12H,1H3. The van der Waals surface area contributed by atoms with Crippen LogP contribution >= 0.6 is 0 Å². The van der Waals surface area contributed by atoms with Crippen molar-refractivity contribution in [3.63, 3.8) is 0 Å². The second-order valence-corrected chi connectivity index (χ2v) is 7.82. The number of benzene rings is 3. The third-order valence-corrected chi connectivity index (χ3v) is 5.46. The molecule has 4 aromatic rings. The zero-order valence-corrected chi connectivity index (χ0v) is 15.9. The number of oxazole rings is 1. The Morgan fingerprint density at radius 1 is 1.03 bits per heavy atom. The van der Waals surface area contributed by atoms with Crippen LogP contribution in [0.2, 0.25) is 0 Å². The van der Waals surface area contributed by atoms with Gasteiger partial charge in [-0.1, -0.05) is 29.8 Å². The van der Waals surface area contributed by atoms with E-state index in [1.165, 1.54) is 24.3 Å². The summed E-state index contributed by atoms with van der Waals surface area (Å²) in [4.78, 5) is 14.9. The van der Waals surface area contributed by atoms with Gasteiger partial charge in [-0.3, -0.25) is 10.1 Å². The second kappa shape index (κ2) is 7.02. The number of nitro groups is 1. The lowest BCUT2D eigenvalue weighted by Crippen LogP contribution is -2.10. The number of aromatic nitrogens is 1. The first-order valence-electron chi connectivity index (χ1n) is 8.49. The van der Waals surface area contributed by atoms with E-state index in [1.807, 2.05) is 6.92 Å². The Kier molecular flexibility index (Phi) is 4.51. The largest absolute Gasteiger partial charge is 0.436 e. The van der Waals surface area contributed by atoms with E-state index < -0.39 is 15.0 Å². The molecule has 8 nitrogen and oxygen atoms in total. The number of hydrogen-bond acceptors (Lipinski definition) is 7. The number of nitrogens with zero attached hydrogens (tertiary/aromatic N) is 2. The molecule has 0 saturated heterocycles. The minimum Gasteiger partial charge on any atom is -0.436 e. The lowest BCUT2D eigenvalue weighted by molar-refractivity contribution is -0.384. The van der Waals surface area contributed by atoms with Gasteiger partial charge < -0.3 is 8.60 Å². The van der Waals surface area contributed by atoms with E-state index in [0.29, 0.717) is 11.1 Å². The number of non-ortho nitro benzene ring substituents is 1. The van der Waals surface area contributed by atoms with E-state index in [2.05, 4.69) is 4.98 Å². The van der Waals surface area contributed by atoms with Crippen LogP contribution in [0.1, 0.15) is 5.56 Å². The first-order valence-corrected chi connectivity index (χ1v) is 9.90. The van der Waals surface area contributed by atoms with Gasteiger partial charge in [0.05, 0.1) is 10.5 Å². The van der Waals surface area contributed by atoms with E-state index in [4.69, 9.17) is 8.60 Å². The van der Waals surface area contributed by atoms with Crippen molar-refractivity contribution in [2.24, 2.45) is 0 Å². The molecule has 0 amide bonds. The Morgan fingerprint density at radius 2 is 1.76 bits per heavy atom. The van der Waals surface area contributed by atoms with E-state index in [0.717, 1.165) is 11.6 Å². The monoisotopic (exact) mass is 410 g/mol. The van der Waals surface area contributed by atoms with Gasteiger partial charge in [0.1, 0.15) is 10.4 Å². The summed E-state index contributed by atoms with van der Waals surface area (Å²) in [6.07, 6.45) is 0. The smallest absolute Gasteiger partial charge is 0.339 e. The molecule has 0 saturated carbocycles. The Hall–Kier alpha value is -3.72. The fraction of sp³-hybridized carbons (Fsp3) is 0.0500. The summed E-state index contributed by atoms with van der Waals surface area (Å²) in [7, 11) is -4.16. The lowest BCUT2D eigenvalue weighted by atomic mass is 10.2. The van der Waals surface area contributed by atoms with Gasteiger partial charge in [0.15, 0.2) is 11.3 Å². The summed E-state index contributed by atoms with van der Waals surface area (Å²) in [5.41, 5.74) is 1.70. The summed E-state index contributed by atoms with van der Waals surface area (Å²) in [5, 5.41) is 11.2. The van der Waals surface area contributed by atoms with Gasteiger partial charge in [-0.05, 0) is 37.3 Å². The minimum atomic E-state index is -4.16. The van der Waals surface area contributed by atoms with Gasteiger partial charge in [-0.2, -0.15) is 8.42 Å². The van der Waals surface area contributed by atoms with Crippen LogP contribution in [0.4, 0.5) is 5.69 Å². The molecule has 0 bridgehead atoms. The zero-order valence-electron chi connectivity index (χ0n) is 15.1. The van der Waals surface area contributed by atoms with Crippen LogP contribution in [-0.4, -0.2) is 18.3 Å². The van der Waals surface area contributed by atoms with E-state index in [9.17, 15) is 18.5 Å². The highest BCUT2D eigenvalue weighted by molar-refractivity contribution is 7.87. The number of hydrogen-bond donors (Lipinski definition) is 0. The average molecular weight is 410 g/mol. The predicted octanol–water partition coefficient (Wildman–Crippen LogP) is 4.48. The van der Waals surface area contributed by atoms with Gasteiger partial charge >= 0.3 is 10.1 Å². The fourth-order valence-electron chi connectivity index (χ4n) is 2.73. The highest BCUT2D eigenvalue weighted by Gasteiger charge is 2.23. The summed E-state index contributed by atoms with van der Waals surface area (Å²) < 4.78 is 36.3. The zero-order chi connectivity index (χ0) is 20.6. The maximum absolute atomic E-state index is 12.7. The van der Waals surface area contributed by atoms with Crippen molar-refractivity contribution in [3.8, 4) is 17.2 Å². The second-order valence-electron chi connectivity index (χ2n) is 6.27. The van der Waals surface area contributed by atoms with Crippen molar-refractivity contribution in [1.29, 1.82) is 0 Å². The van der Waals surface area contributed by atoms with Crippen molar-refractivity contribution in [1.82, 2.24) is 4.98 Å². The van der Waals surface area contributed by atoms with Gasteiger partial charge in [0.25, 0.3) is 5.69 Å². The molecule has 0 atom stereocenters. The van der Waals surface area contributed by atoms with Crippen LogP contribution in [0.15, 0.2) is 76.0 Å². The molecule has 0 radical (unpaired) electrons. The number of rotatable bonds is 5. The molecular weight excluding hydrogens is 396 g/mol. The van der Waals surface area contributed by atoms with Gasteiger partial charge in [-0.25, -0.2) is 4.98 Å². The summed E-state index contributed by atoms with van der Waals surface area (Å²) in [5.74, 6) is -0.105. The molecule has 4 rings (SSSR count). The molecule has 1 heterocycles. The number of para-hydroxylation sites is 2. The maximum Gasteiger partial charge on any atom is 0.339 e. The van der Waals surface area contributed by atoms with E-state index in [1.54, 1.807) is 36.4 Å². The molecule has 1 aromatic heterocycles. The molecule has 9 heteroatoms. The summed E-state index contributed by atoms with van der Waals surface area (Å²) in [6, 6.07) is 16.6. The van der Waals surface area contributed by atoms with Gasteiger partial charge in [-0.15, -0.1) is 0 Å². The van der Waals surface area contributed by atoms with Crippen LogP contribution in [0, 0.1) is 17.0 Å². The van der Waals surface area contributed by atoms with E-state index >= 15 is 0 Å². The molecule has 0 aliphatic rings. The molecule has 0 unspecified atom stereocenters. The van der Waals surface area contributed by atoms with Gasteiger partial charge in [0, 0.05) is 12.1 Å². The molecule has 146 valence electrons. The molecule has 0 fully saturated rings. The number of nitro benzene ring substituents is 1. The minimum absolute atomic E-state index is 0.0176. The first kappa shape index (κ1) is 18.6. The fourth-order valence-corrected chi connectivity index (χ4v) is 3.68. The quantitative estimate of drug-likeness (QED) is 0.271. The Morgan fingerprint density at radius 3 is 2.45 bits per heavy atom. The Bertz CT molecular complexity index is 1290. The van der Waals surface area contributed by atoms with Crippen LogP contribution in [0.25, 0.3) is 22.6 Å². The van der Waals surface area contributed by atoms with Crippen LogP contribution < -0.4 is 4.18 Å². The third-order valence-electron chi connectivity index (χ3n) is 4.21. The molecule has 3 aromatic carbocycles. The van der Waals surface area contributed by atoms with Crippen molar-refractivity contribution in [2.75, 3.05) is 0 Å². The SMILES string of the molecule is Cc1ccc(S(=O)(=O)Oc2ccc([N+](=O)[O-])cc2-c2nc3ccccc3o2)cc1. The third kappa shape index (κ3) is 3.67. The van der Waals surface area contributed by atoms with Crippen molar-refractivity contribution in [3.05, 3.63) is 82.4 Å². The normalized spacial score (nSPS) is 11.5. The molecule has 0 N–H and O–H groups in total. The van der Waals surface area contributed by atoms with Crippen LogP contribution in [-0.2, 0) is 10.1 Å². The van der Waals surface area contributed by atoms with Crippen molar-refractivity contribution in [2.45, 2.75) is 11.8 Å². The van der Waals surface area contributed by atoms with Crippen molar-refractivity contribution >= 4 is 26.9 Å². The molecule has 0 spiro atoms. The average Bonchev–Trinajstić information content (AvgIpc) is 3.12. The molecule has 0 aliphatic heterocycles. The van der Waals surface area contributed by atoms with Crippen LogP contribution in [0.5, 0.6) is 5.75 Å². The topological polar surface area (TPSA) is 113 Å². The Balaban J connectivity index is 1.82. The summed E-state index contributed by atoms with van der Waals surface area (Å²) in [6.45, 7) is 1.83. The number of aryl methyl sites for hydroxylation is 1. The highest BCUT2D eigenvalue weighted by atomic mass is 32.2. The molecule has 29 heavy (non-hydrogen) atoms. The highest BCUT2D eigenvalue weighted by Crippen LogP contribution is 2.36. The maximum atomic E-state index is 12.7.